The Labute approximate surface area is 204 Å². The molecule has 4 rings (SSSR count). The van der Waals surface area contributed by atoms with Crippen molar-refractivity contribution >= 4 is 14.5 Å². The molecule has 1 unspecified atom stereocenters. The van der Waals surface area contributed by atoms with Crippen LogP contribution in [0.1, 0.15) is 49.7 Å². The van der Waals surface area contributed by atoms with E-state index in [4.69, 9.17) is 0 Å². The summed E-state index contributed by atoms with van der Waals surface area (Å²) in [7, 11) is 2.30. The standard InChI is InChI=1S/C26H21F8OP/c1-12-2-4-13(5-3-12)14-6-17(27)23(22(36)9-14)15-7-18(28)24(19(29)8-15)26(33,34)35-16-10-20(30)25(32)21(31)11-16/h6-13H,2-5,36H2,1H3. The summed E-state index contributed by atoms with van der Waals surface area (Å²) in [5, 5.41) is 0.301. The van der Waals surface area contributed by atoms with Crippen LogP contribution in [0.2, 0.25) is 0 Å². The summed E-state index contributed by atoms with van der Waals surface area (Å²) in [6, 6.07) is 4.26. The molecular formula is C26H21F8OP. The lowest BCUT2D eigenvalue weighted by Crippen LogP contribution is -2.25. The van der Waals surface area contributed by atoms with E-state index in [-0.39, 0.29) is 29.2 Å². The fraction of sp³-hybridized carbons (Fsp3) is 0.308. The molecule has 0 spiro atoms. The molecule has 3 aromatic rings. The van der Waals surface area contributed by atoms with Crippen LogP contribution in [0, 0.1) is 40.8 Å². The second-order valence-electron chi connectivity index (χ2n) is 9.06. The molecule has 36 heavy (non-hydrogen) atoms. The van der Waals surface area contributed by atoms with E-state index in [0.29, 0.717) is 23.4 Å². The minimum atomic E-state index is -4.73. The van der Waals surface area contributed by atoms with Crippen molar-refractivity contribution in [2.24, 2.45) is 5.92 Å². The number of rotatable bonds is 5. The third kappa shape index (κ3) is 5.22. The van der Waals surface area contributed by atoms with Gasteiger partial charge in [-0.25, -0.2) is 26.3 Å². The van der Waals surface area contributed by atoms with E-state index in [9.17, 15) is 30.7 Å². The summed E-state index contributed by atoms with van der Waals surface area (Å²) < 4.78 is 118. The van der Waals surface area contributed by atoms with Crippen LogP contribution in [0.5, 0.6) is 5.75 Å². The average molecular weight is 532 g/mol. The first-order valence-corrected chi connectivity index (χ1v) is 11.7. The van der Waals surface area contributed by atoms with Crippen molar-refractivity contribution in [2.75, 3.05) is 0 Å². The molecular weight excluding hydrogens is 511 g/mol. The van der Waals surface area contributed by atoms with E-state index in [1.807, 2.05) is 0 Å². The lowest BCUT2D eigenvalue weighted by molar-refractivity contribution is -0.189. The van der Waals surface area contributed by atoms with E-state index >= 15 is 4.39 Å². The summed E-state index contributed by atoms with van der Waals surface area (Å²) in [5.74, 6) is -10.3. The highest BCUT2D eigenvalue weighted by molar-refractivity contribution is 7.28. The summed E-state index contributed by atoms with van der Waals surface area (Å²) in [6.45, 7) is 2.15. The highest BCUT2D eigenvalue weighted by Crippen LogP contribution is 2.40. The normalized spacial score (nSPS) is 18.4. The Kier molecular flexibility index (Phi) is 7.33. The van der Waals surface area contributed by atoms with Gasteiger partial charge in [-0.1, -0.05) is 25.8 Å². The molecule has 192 valence electrons. The Morgan fingerprint density at radius 2 is 1.31 bits per heavy atom. The van der Waals surface area contributed by atoms with Crippen LogP contribution in [0.4, 0.5) is 35.1 Å². The van der Waals surface area contributed by atoms with Crippen molar-refractivity contribution in [3.05, 3.63) is 82.4 Å². The molecule has 0 aliphatic heterocycles. The monoisotopic (exact) mass is 532 g/mol. The molecule has 1 aliphatic rings. The molecule has 1 fully saturated rings. The maximum Gasteiger partial charge on any atom is 0.432 e. The largest absolute Gasteiger partial charge is 0.432 e. The SMILES string of the molecule is CC1CCC(c2cc(F)c(-c3cc(F)c(C(F)(F)Oc4cc(F)c(F)c(F)c4)c(F)c3)c(P)c2)CC1. The predicted octanol–water partition coefficient (Wildman–Crippen LogP) is 8.11. The Morgan fingerprint density at radius 1 is 0.750 bits per heavy atom. The maximum atomic E-state index is 15.1. The predicted molar refractivity (Wildman–Crippen MR) is 122 cm³/mol. The Balaban J connectivity index is 1.66. The number of alkyl halides is 2. The van der Waals surface area contributed by atoms with E-state index < -0.39 is 52.3 Å². The van der Waals surface area contributed by atoms with Gasteiger partial charge in [-0.2, -0.15) is 8.78 Å². The quantitative estimate of drug-likeness (QED) is 0.183. The molecule has 0 aromatic heterocycles. The molecule has 0 saturated heterocycles. The molecule has 10 heteroatoms. The van der Waals surface area contributed by atoms with Gasteiger partial charge in [0.2, 0.25) is 0 Å². The Bertz CT molecular complexity index is 1230. The van der Waals surface area contributed by atoms with Gasteiger partial charge in [-0.15, -0.1) is 9.24 Å². The maximum absolute atomic E-state index is 15.1. The zero-order valence-corrected chi connectivity index (χ0v) is 20.1. The van der Waals surface area contributed by atoms with E-state index in [1.165, 1.54) is 6.07 Å². The summed E-state index contributed by atoms with van der Waals surface area (Å²) in [5.41, 5.74) is -1.60. The minimum Gasteiger partial charge on any atom is -0.429 e. The third-order valence-corrected chi connectivity index (χ3v) is 6.91. The number of benzene rings is 3. The van der Waals surface area contributed by atoms with Crippen molar-refractivity contribution in [3.63, 3.8) is 0 Å². The molecule has 1 nitrogen and oxygen atoms in total. The lowest BCUT2D eigenvalue weighted by atomic mass is 9.79. The second-order valence-corrected chi connectivity index (χ2v) is 9.68. The van der Waals surface area contributed by atoms with E-state index in [1.54, 1.807) is 6.07 Å². The van der Waals surface area contributed by atoms with Gasteiger partial charge in [0.25, 0.3) is 0 Å². The Hall–Kier alpha value is -2.67. The summed E-state index contributed by atoms with van der Waals surface area (Å²) >= 11 is 0. The minimum absolute atomic E-state index is 0.112. The fourth-order valence-electron chi connectivity index (χ4n) is 4.57. The first-order chi connectivity index (χ1) is 16.9. The molecule has 1 atom stereocenters. The van der Waals surface area contributed by atoms with Crippen LogP contribution < -0.4 is 10.0 Å². The number of halogens is 8. The number of ether oxygens (including phenoxy) is 1. The summed E-state index contributed by atoms with van der Waals surface area (Å²) in [4.78, 5) is 0. The van der Waals surface area contributed by atoms with Crippen molar-refractivity contribution in [3.8, 4) is 16.9 Å². The lowest BCUT2D eigenvalue weighted by Gasteiger charge is -2.27. The van der Waals surface area contributed by atoms with Crippen molar-refractivity contribution in [2.45, 2.75) is 44.6 Å². The molecule has 3 aromatic carbocycles. The van der Waals surface area contributed by atoms with Crippen LogP contribution >= 0.6 is 9.24 Å². The van der Waals surface area contributed by atoms with Crippen LogP contribution in [0.25, 0.3) is 11.1 Å². The molecule has 0 radical (unpaired) electrons. The van der Waals surface area contributed by atoms with Gasteiger partial charge < -0.3 is 4.74 Å². The molecule has 1 aliphatic carbocycles. The van der Waals surface area contributed by atoms with E-state index in [0.717, 1.165) is 31.2 Å². The number of hydrogen-bond donors (Lipinski definition) is 0. The van der Waals surface area contributed by atoms with Crippen molar-refractivity contribution < 1.29 is 39.9 Å². The van der Waals surface area contributed by atoms with Crippen molar-refractivity contribution in [1.82, 2.24) is 0 Å². The van der Waals surface area contributed by atoms with Crippen molar-refractivity contribution in [1.29, 1.82) is 0 Å². The van der Waals surface area contributed by atoms with Crippen LogP contribution in [-0.2, 0) is 6.11 Å². The van der Waals surface area contributed by atoms with Crippen LogP contribution in [0.15, 0.2) is 36.4 Å². The highest BCUT2D eigenvalue weighted by Gasteiger charge is 2.41. The smallest absolute Gasteiger partial charge is 0.429 e. The molecule has 0 N–H and O–H groups in total. The van der Waals surface area contributed by atoms with Crippen LogP contribution in [0.3, 0.4) is 0 Å². The van der Waals surface area contributed by atoms with Gasteiger partial charge in [0, 0.05) is 17.7 Å². The second kappa shape index (κ2) is 10.0. The van der Waals surface area contributed by atoms with Gasteiger partial charge >= 0.3 is 6.11 Å². The summed E-state index contributed by atoms with van der Waals surface area (Å²) in [6.07, 6.45) is -0.942. The Morgan fingerprint density at radius 3 is 1.83 bits per heavy atom. The average Bonchev–Trinajstić information content (AvgIpc) is 2.76. The zero-order chi connectivity index (χ0) is 26.4. The first kappa shape index (κ1) is 26.4. The van der Waals surface area contributed by atoms with Gasteiger partial charge in [0.1, 0.15) is 28.8 Å². The van der Waals surface area contributed by atoms with Crippen LogP contribution in [-0.4, -0.2) is 0 Å². The van der Waals surface area contributed by atoms with Gasteiger partial charge in [-0.05, 0) is 59.3 Å². The molecule has 0 heterocycles. The fourth-order valence-corrected chi connectivity index (χ4v) is 5.07. The highest BCUT2D eigenvalue weighted by atomic mass is 31.0. The van der Waals surface area contributed by atoms with Gasteiger partial charge in [0.05, 0.1) is 0 Å². The molecule has 1 saturated carbocycles. The van der Waals surface area contributed by atoms with E-state index in [2.05, 4.69) is 20.9 Å². The zero-order valence-electron chi connectivity index (χ0n) is 19.0. The number of hydrogen-bond acceptors (Lipinski definition) is 1. The molecule has 0 amide bonds. The topological polar surface area (TPSA) is 9.23 Å². The third-order valence-electron chi connectivity index (χ3n) is 6.46. The first-order valence-electron chi connectivity index (χ1n) is 11.2. The van der Waals surface area contributed by atoms with Gasteiger partial charge in [0.15, 0.2) is 17.5 Å². The van der Waals surface area contributed by atoms with Gasteiger partial charge in [-0.3, -0.25) is 0 Å². The molecule has 0 bridgehead atoms.